The summed E-state index contributed by atoms with van der Waals surface area (Å²) in [6, 6.07) is 4.55. The summed E-state index contributed by atoms with van der Waals surface area (Å²) < 4.78 is 10.1. The fourth-order valence-corrected chi connectivity index (χ4v) is 1.92. The minimum Gasteiger partial charge on any atom is -0.507 e. The van der Waals surface area contributed by atoms with Gasteiger partial charge in [0, 0.05) is 18.2 Å². The molecule has 2 aromatic rings. The smallest absolute Gasteiger partial charge is 0.336 e. The van der Waals surface area contributed by atoms with Crippen molar-refractivity contribution in [2.75, 3.05) is 7.11 Å². The van der Waals surface area contributed by atoms with Crippen LogP contribution in [0, 0.1) is 0 Å². The second-order valence-electron chi connectivity index (χ2n) is 3.86. The monoisotopic (exact) mass is 234 g/mol. The van der Waals surface area contributed by atoms with Crippen molar-refractivity contribution in [2.45, 2.75) is 19.8 Å². The lowest BCUT2D eigenvalue weighted by atomic mass is 10.0. The number of benzene rings is 1. The Kier molecular flexibility index (Phi) is 3.04. The second-order valence-corrected chi connectivity index (χ2v) is 3.86. The molecule has 4 nitrogen and oxygen atoms in total. The number of methoxy groups -OCH3 is 1. The Morgan fingerprint density at radius 2 is 2.12 bits per heavy atom. The van der Waals surface area contributed by atoms with Gasteiger partial charge in [-0.3, -0.25) is 0 Å². The molecule has 0 aliphatic carbocycles. The molecule has 1 heterocycles. The van der Waals surface area contributed by atoms with Crippen LogP contribution >= 0.6 is 0 Å². The van der Waals surface area contributed by atoms with Gasteiger partial charge in [0.05, 0.1) is 12.5 Å². The Hall–Kier alpha value is -1.97. The Bertz CT molecular complexity index is 598. The maximum Gasteiger partial charge on any atom is 0.336 e. The van der Waals surface area contributed by atoms with E-state index in [2.05, 4.69) is 0 Å². The predicted octanol–water partition coefficient (Wildman–Crippen LogP) is 2.46. The molecule has 0 aliphatic heterocycles. The molecule has 0 fully saturated rings. The van der Waals surface area contributed by atoms with Crippen LogP contribution in [0.3, 0.4) is 0 Å². The summed E-state index contributed by atoms with van der Waals surface area (Å²) in [7, 11) is 1.49. The van der Waals surface area contributed by atoms with Gasteiger partial charge in [-0.25, -0.2) is 4.79 Å². The van der Waals surface area contributed by atoms with Gasteiger partial charge in [-0.15, -0.1) is 0 Å². The lowest BCUT2D eigenvalue weighted by Gasteiger charge is -2.08. The van der Waals surface area contributed by atoms with Crippen molar-refractivity contribution in [3.8, 4) is 11.5 Å². The first-order valence-electron chi connectivity index (χ1n) is 5.49. The first kappa shape index (κ1) is 11.5. The highest BCUT2D eigenvalue weighted by molar-refractivity contribution is 5.87. The highest BCUT2D eigenvalue weighted by Crippen LogP contribution is 2.32. The average Bonchev–Trinajstić information content (AvgIpc) is 2.27. The van der Waals surface area contributed by atoms with Crippen molar-refractivity contribution < 1.29 is 14.3 Å². The standard InChI is InChI=1S/C13H14O4/c1-3-4-8-5-12(15)17-11-7-9(16-2)6-10(14)13(8)11/h5-7,14H,3-4H2,1-2H3. The molecule has 1 aromatic heterocycles. The normalized spacial score (nSPS) is 10.7. The topological polar surface area (TPSA) is 59.7 Å². The van der Waals surface area contributed by atoms with Crippen LogP contribution in [-0.2, 0) is 6.42 Å². The van der Waals surface area contributed by atoms with E-state index in [0.717, 1.165) is 18.4 Å². The van der Waals surface area contributed by atoms with Gasteiger partial charge in [0.2, 0.25) is 0 Å². The summed E-state index contributed by atoms with van der Waals surface area (Å²) in [5.74, 6) is 0.540. The van der Waals surface area contributed by atoms with E-state index in [4.69, 9.17) is 9.15 Å². The number of aromatic hydroxyl groups is 1. The van der Waals surface area contributed by atoms with Crippen molar-refractivity contribution in [1.29, 1.82) is 0 Å². The van der Waals surface area contributed by atoms with Crippen LogP contribution in [0.4, 0.5) is 0 Å². The van der Waals surface area contributed by atoms with Crippen LogP contribution in [0.5, 0.6) is 11.5 Å². The molecule has 90 valence electrons. The van der Waals surface area contributed by atoms with Gasteiger partial charge < -0.3 is 14.3 Å². The van der Waals surface area contributed by atoms with E-state index >= 15 is 0 Å². The first-order valence-corrected chi connectivity index (χ1v) is 5.49. The quantitative estimate of drug-likeness (QED) is 0.829. The summed E-state index contributed by atoms with van der Waals surface area (Å²) in [4.78, 5) is 11.4. The van der Waals surface area contributed by atoms with E-state index in [1.807, 2.05) is 6.92 Å². The molecule has 1 aromatic carbocycles. The number of hydrogen-bond donors (Lipinski definition) is 1. The number of ether oxygens (including phenoxy) is 1. The summed E-state index contributed by atoms with van der Waals surface area (Å²) >= 11 is 0. The average molecular weight is 234 g/mol. The van der Waals surface area contributed by atoms with Crippen molar-refractivity contribution in [3.63, 3.8) is 0 Å². The lowest BCUT2D eigenvalue weighted by molar-refractivity contribution is 0.407. The Balaban J connectivity index is 2.79. The Labute approximate surface area is 98.4 Å². The molecule has 0 saturated carbocycles. The van der Waals surface area contributed by atoms with E-state index in [0.29, 0.717) is 16.7 Å². The van der Waals surface area contributed by atoms with E-state index in [9.17, 15) is 9.90 Å². The molecule has 2 rings (SSSR count). The van der Waals surface area contributed by atoms with Crippen LogP contribution < -0.4 is 10.4 Å². The number of phenolic OH excluding ortho intramolecular Hbond substituents is 1. The maximum atomic E-state index is 11.4. The third kappa shape index (κ3) is 2.11. The Morgan fingerprint density at radius 3 is 2.76 bits per heavy atom. The molecule has 0 saturated heterocycles. The first-order chi connectivity index (χ1) is 8.15. The van der Waals surface area contributed by atoms with Crippen LogP contribution in [0.1, 0.15) is 18.9 Å². The lowest BCUT2D eigenvalue weighted by Crippen LogP contribution is -2.01. The number of fused-ring (bicyclic) bond motifs is 1. The van der Waals surface area contributed by atoms with Crippen molar-refractivity contribution in [2.24, 2.45) is 0 Å². The predicted molar refractivity (Wildman–Crippen MR) is 64.7 cm³/mol. The van der Waals surface area contributed by atoms with Gasteiger partial charge in [0.1, 0.15) is 17.1 Å². The van der Waals surface area contributed by atoms with Crippen LogP contribution in [0.25, 0.3) is 11.0 Å². The van der Waals surface area contributed by atoms with Crippen molar-refractivity contribution in [1.82, 2.24) is 0 Å². The summed E-state index contributed by atoms with van der Waals surface area (Å²) in [5, 5.41) is 10.5. The highest BCUT2D eigenvalue weighted by Gasteiger charge is 2.11. The van der Waals surface area contributed by atoms with E-state index < -0.39 is 5.63 Å². The van der Waals surface area contributed by atoms with Gasteiger partial charge in [0.25, 0.3) is 0 Å². The van der Waals surface area contributed by atoms with Gasteiger partial charge in [0.15, 0.2) is 0 Å². The maximum absolute atomic E-state index is 11.4. The largest absolute Gasteiger partial charge is 0.507 e. The molecule has 0 aliphatic rings. The van der Waals surface area contributed by atoms with Crippen molar-refractivity contribution >= 4 is 11.0 Å². The zero-order chi connectivity index (χ0) is 12.4. The fraction of sp³-hybridized carbons (Fsp3) is 0.308. The summed E-state index contributed by atoms with van der Waals surface area (Å²) in [6.45, 7) is 2.01. The van der Waals surface area contributed by atoms with Gasteiger partial charge in [-0.1, -0.05) is 13.3 Å². The number of hydrogen-bond acceptors (Lipinski definition) is 4. The SMILES string of the molecule is CCCc1cc(=O)oc2cc(OC)cc(O)c12. The van der Waals surface area contributed by atoms with E-state index in [1.54, 1.807) is 6.07 Å². The van der Waals surface area contributed by atoms with Crippen LogP contribution in [0.15, 0.2) is 27.4 Å². The van der Waals surface area contributed by atoms with Crippen molar-refractivity contribution in [3.05, 3.63) is 34.2 Å². The molecule has 0 unspecified atom stereocenters. The van der Waals surface area contributed by atoms with E-state index in [-0.39, 0.29) is 5.75 Å². The molecular formula is C13H14O4. The molecule has 4 heteroatoms. The molecule has 0 amide bonds. The number of phenols is 1. The molecule has 0 radical (unpaired) electrons. The molecule has 1 N–H and O–H groups in total. The van der Waals surface area contributed by atoms with Gasteiger partial charge >= 0.3 is 5.63 Å². The Morgan fingerprint density at radius 1 is 1.35 bits per heavy atom. The molecule has 17 heavy (non-hydrogen) atoms. The molecular weight excluding hydrogens is 220 g/mol. The fourth-order valence-electron chi connectivity index (χ4n) is 1.92. The molecule has 0 spiro atoms. The zero-order valence-electron chi connectivity index (χ0n) is 9.82. The number of rotatable bonds is 3. The van der Waals surface area contributed by atoms with Crippen LogP contribution in [0.2, 0.25) is 0 Å². The third-order valence-electron chi connectivity index (χ3n) is 2.63. The summed E-state index contributed by atoms with van der Waals surface area (Å²) in [6.07, 6.45) is 1.62. The number of aryl methyl sites for hydroxylation is 1. The minimum absolute atomic E-state index is 0.0755. The molecule has 0 bridgehead atoms. The zero-order valence-corrected chi connectivity index (χ0v) is 9.82. The highest BCUT2D eigenvalue weighted by atomic mass is 16.5. The van der Waals surface area contributed by atoms with Crippen LogP contribution in [-0.4, -0.2) is 12.2 Å². The molecule has 0 atom stereocenters. The summed E-state index contributed by atoms with van der Waals surface area (Å²) in [5.41, 5.74) is 0.755. The second kappa shape index (κ2) is 4.49. The van der Waals surface area contributed by atoms with Gasteiger partial charge in [-0.2, -0.15) is 0 Å². The van der Waals surface area contributed by atoms with E-state index in [1.165, 1.54) is 19.2 Å². The minimum atomic E-state index is -0.409. The van der Waals surface area contributed by atoms with Gasteiger partial charge in [-0.05, 0) is 12.0 Å². The third-order valence-corrected chi connectivity index (χ3v) is 2.63.